The molecule has 3 N–H and O–H groups in total. The molecule has 1 aromatic rings. The van der Waals surface area contributed by atoms with Crippen LogP contribution in [0, 0.1) is 0 Å². The summed E-state index contributed by atoms with van der Waals surface area (Å²) in [5.41, 5.74) is 0. The first kappa shape index (κ1) is 11.9. The maximum absolute atomic E-state index is 12.2. The van der Waals surface area contributed by atoms with E-state index >= 15 is 0 Å². The lowest BCUT2D eigenvalue weighted by atomic mass is 10.2. The normalized spacial score (nSPS) is 25.0. The van der Waals surface area contributed by atoms with Crippen LogP contribution in [0.5, 0.6) is 0 Å². The first-order valence-corrected chi connectivity index (χ1v) is 7.68. The van der Waals surface area contributed by atoms with Crippen molar-refractivity contribution >= 4 is 15.8 Å². The molecular weight excluding hydrogens is 254 g/mol. The van der Waals surface area contributed by atoms with Crippen molar-refractivity contribution in [3.05, 3.63) is 12.3 Å². The van der Waals surface area contributed by atoms with Crippen molar-refractivity contribution in [1.29, 1.82) is 0 Å². The lowest BCUT2D eigenvalue weighted by molar-refractivity contribution is 0.322. The molecule has 0 saturated carbocycles. The number of nitrogens with one attached hydrogen (secondary N) is 3. The summed E-state index contributed by atoms with van der Waals surface area (Å²) in [6.07, 6.45) is 2.29. The Labute approximate surface area is 106 Å². The molecular formula is C10H17N5O2S. The molecule has 2 saturated heterocycles. The van der Waals surface area contributed by atoms with Gasteiger partial charge in [-0.05, 0) is 13.0 Å². The SMILES string of the molecule is O=S(=O)(Nc1ccnn1C1CNC1)C1CCNC1. The van der Waals surface area contributed by atoms with Gasteiger partial charge in [-0.1, -0.05) is 0 Å². The average Bonchev–Trinajstić information content (AvgIpc) is 2.86. The Hall–Kier alpha value is -1.12. The lowest BCUT2D eigenvalue weighted by Gasteiger charge is -2.29. The van der Waals surface area contributed by atoms with Crippen LogP contribution < -0.4 is 15.4 Å². The fraction of sp³-hybridized carbons (Fsp3) is 0.700. The van der Waals surface area contributed by atoms with Gasteiger partial charge < -0.3 is 10.6 Å². The Morgan fingerprint density at radius 3 is 2.78 bits per heavy atom. The van der Waals surface area contributed by atoms with E-state index in [0.717, 1.165) is 19.6 Å². The van der Waals surface area contributed by atoms with Crippen molar-refractivity contribution in [1.82, 2.24) is 20.4 Å². The van der Waals surface area contributed by atoms with Crippen molar-refractivity contribution in [3.63, 3.8) is 0 Å². The van der Waals surface area contributed by atoms with Crippen LogP contribution in [0.15, 0.2) is 12.3 Å². The highest BCUT2D eigenvalue weighted by molar-refractivity contribution is 7.93. The second-order valence-electron chi connectivity index (χ2n) is 4.73. The molecule has 3 heterocycles. The summed E-state index contributed by atoms with van der Waals surface area (Å²) in [5.74, 6) is 0.563. The topological polar surface area (TPSA) is 88.0 Å². The number of nitrogens with zero attached hydrogens (tertiary/aromatic N) is 2. The summed E-state index contributed by atoms with van der Waals surface area (Å²) in [4.78, 5) is 0. The summed E-state index contributed by atoms with van der Waals surface area (Å²) in [5, 5.41) is 10.0. The van der Waals surface area contributed by atoms with Crippen LogP contribution in [0.2, 0.25) is 0 Å². The second kappa shape index (κ2) is 4.52. The van der Waals surface area contributed by atoms with E-state index in [0.29, 0.717) is 18.8 Å². The monoisotopic (exact) mass is 271 g/mol. The number of hydrogen-bond acceptors (Lipinski definition) is 5. The summed E-state index contributed by atoms with van der Waals surface area (Å²) < 4.78 is 28.8. The number of sulfonamides is 1. The van der Waals surface area contributed by atoms with E-state index in [9.17, 15) is 8.42 Å². The van der Waals surface area contributed by atoms with Gasteiger partial charge in [-0.15, -0.1) is 0 Å². The number of rotatable bonds is 4. The Balaban J connectivity index is 1.77. The molecule has 100 valence electrons. The van der Waals surface area contributed by atoms with E-state index in [-0.39, 0.29) is 11.3 Å². The first-order valence-electron chi connectivity index (χ1n) is 6.13. The molecule has 0 aromatic carbocycles. The van der Waals surface area contributed by atoms with Crippen LogP contribution in [0.4, 0.5) is 5.82 Å². The van der Waals surface area contributed by atoms with Gasteiger partial charge >= 0.3 is 0 Å². The predicted octanol–water partition coefficient (Wildman–Crippen LogP) is -0.869. The third-order valence-electron chi connectivity index (χ3n) is 3.48. The molecule has 0 spiro atoms. The minimum Gasteiger partial charge on any atom is -0.315 e. The van der Waals surface area contributed by atoms with E-state index in [1.54, 1.807) is 16.9 Å². The van der Waals surface area contributed by atoms with Crippen molar-refractivity contribution < 1.29 is 8.42 Å². The molecule has 1 atom stereocenters. The van der Waals surface area contributed by atoms with E-state index in [2.05, 4.69) is 20.5 Å². The maximum Gasteiger partial charge on any atom is 0.238 e. The van der Waals surface area contributed by atoms with E-state index in [1.807, 2.05) is 0 Å². The summed E-state index contributed by atoms with van der Waals surface area (Å²) >= 11 is 0. The lowest BCUT2D eigenvalue weighted by Crippen LogP contribution is -2.44. The quantitative estimate of drug-likeness (QED) is 0.662. The van der Waals surface area contributed by atoms with Gasteiger partial charge in [-0.25, -0.2) is 13.1 Å². The molecule has 3 rings (SSSR count). The van der Waals surface area contributed by atoms with Crippen LogP contribution in [-0.4, -0.2) is 49.6 Å². The highest BCUT2D eigenvalue weighted by Gasteiger charge is 2.30. The number of aromatic nitrogens is 2. The molecule has 0 bridgehead atoms. The Morgan fingerprint density at radius 1 is 1.33 bits per heavy atom. The zero-order valence-corrected chi connectivity index (χ0v) is 10.8. The molecule has 7 nitrogen and oxygen atoms in total. The smallest absolute Gasteiger partial charge is 0.238 e. The van der Waals surface area contributed by atoms with Gasteiger partial charge in [0.25, 0.3) is 0 Å². The molecule has 2 aliphatic rings. The van der Waals surface area contributed by atoms with Crippen LogP contribution in [0.25, 0.3) is 0 Å². The van der Waals surface area contributed by atoms with Crippen LogP contribution in [-0.2, 0) is 10.0 Å². The van der Waals surface area contributed by atoms with Gasteiger partial charge in [-0.3, -0.25) is 4.72 Å². The van der Waals surface area contributed by atoms with Gasteiger partial charge in [0, 0.05) is 25.7 Å². The second-order valence-corrected chi connectivity index (χ2v) is 6.70. The minimum absolute atomic E-state index is 0.249. The summed E-state index contributed by atoms with van der Waals surface area (Å²) in [6, 6.07) is 1.96. The van der Waals surface area contributed by atoms with Gasteiger partial charge in [0.2, 0.25) is 10.0 Å². The third kappa shape index (κ3) is 2.11. The number of hydrogen-bond donors (Lipinski definition) is 3. The highest BCUT2D eigenvalue weighted by Crippen LogP contribution is 2.20. The maximum atomic E-state index is 12.2. The van der Waals surface area contributed by atoms with E-state index < -0.39 is 10.0 Å². The van der Waals surface area contributed by atoms with Crippen molar-refractivity contribution in [3.8, 4) is 0 Å². The molecule has 0 radical (unpaired) electrons. The number of anilines is 1. The van der Waals surface area contributed by atoms with Crippen molar-refractivity contribution in [2.24, 2.45) is 0 Å². The van der Waals surface area contributed by atoms with Crippen LogP contribution >= 0.6 is 0 Å². The van der Waals surface area contributed by atoms with Crippen LogP contribution in [0.1, 0.15) is 12.5 Å². The van der Waals surface area contributed by atoms with Gasteiger partial charge in [0.05, 0.1) is 17.5 Å². The fourth-order valence-electron chi connectivity index (χ4n) is 2.25. The molecule has 2 aliphatic heterocycles. The highest BCUT2D eigenvalue weighted by atomic mass is 32.2. The van der Waals surface area contributed by atoms with Crippen LogP contribution in [0.3, 0.4) is 0 Å². The Morgan fingerprint density at radius 2 is 2.17 bits per heavy atom. The van der Waals surface area contributed by atoms with Gasteiger partial charge in [0.15, 0.2) is 0 Å². The van der Waals surface area contributed by atoms with Gasteiger partial charge in [-0.2, -0.15) is 5.10 Å². The van der Waals surface area contributed by atoms with Crippen molar-refractivity contribution in [2.45, 2.75) is 17.7 Å². The van der Waals surface area contributed by atoms with E-state index in [4.69, 9.17) is 0 Å². The molecule has 1 aromatic heterocycles. The fourth-order valence-corrected chi connectivity index (χ4v) is 3.64. The molecule has 1 unspecified atom stereocenters. The zero-order chi connectivity index (χ0) is 12.6. The molecule has 18 heavy (non-hydrogen) atoms. The minimum atomic E-state index is -3.32. The van der Waals surface area contributed by atoms with E-state index in [1.165, 1.54) is 0 Å². The average molecular weight is 271 g/mol. The van der Waals surface area contributed by atoms with Gasteiger partial charge in [0.1, 0.15) is 5.82 Å². The summed E-state index contributed by atoms with van der Waals surface area (Å²) in [6.45, 7) is 2.95. The predicted molar refractivity (Wildman–Crippen MR) is 68.0 cm³/mol. The standard InChI is InChI=1S/C10H17N5O2S/c16-18(17,9-1-3-11-7-9)14-10-2-4-13-15(10)8-5-12-6-8/h2,4,8-9,11-12,14H,1,3,5-7H2. The molecule has 0 aliphatic carbocycles. The Kier molecular flexibility index (Phi) is 3.00. The largest absolute Gasteiger partial charge is 0.315 e. The third-order valence-corrected chi connectivity index (χ3v) is 5.25. The zero-order valence-electron chi connectivity index (χ0n) is 9.96. The summed E-state index contributed by atoms with van der Waals surface area (Å²) in [7, 11) is -3.32. The Bertz CT molecular complexity index is 516. The molecule has 0 amide bonds. The first-order chi connectivity index (χ1) is 8.67. The molecule has 8 heteroatoms. The van der Waals surface area contributed by atoms with Crippen molar-refractivity contribution in [2.75, 3.05) is 30.9 Å². The molecule has 2 fully saturated rings.